The molecule has 154 valence electrons. The number of carbonyl (C=O) groups excluding carboxylic acids is 2. The van der Waals surface area contributed by atoms with Crippen LogP contribution in [0.5, 0.6) is 0 Å². The number of benzene rings is 1. The average Bonchev–Trinajstić information content (AvgIpc) is 3.51. The summed E-state index contributed by atoms with van der Waals surface area (Å²) in [5.74, 6) is 0.781. The molecule has 2 aromatic heterocycles. The van der Waals surface area contributed by atoms with E-state index in [1.165, 1.54) is 0 Å². The fraction of sp³-hybridized carbons (Fsp3) is 0.391. The third-order valence-corrected chi connectivity index (χ3v) is 6.25. The number of aromatic nitrogens is 3. The first-order valence-corrected chi connectivity index (χ1v) is 10.6. The van der Waals surface area contributed by atoms with Crippen LogP contribution >= 0.6 is 0 Å². The van der Waals surface area contributed by atoms with Crippen molar-refractivity contribution in [3.8, 4) is 0 Å². The van der Waals surface area contributed by atoms with Gasteiger partial charge in [-0.15, -0.1) is 0 Å². The summed E-state index contributed by atoms with van der Waals surface area (Å²) < 4.78 is 0. The molecule has 0 bridgehead atoms. The molecule has 1 aromatic carbocycles. The van der Waals surface area contributed by atoms with Crippen LogP contribution in [0.25, 0.3) is 11.0 Å². The smallest absolute Gasteiger partial charge is 0.254 e. The number of hydrogen-bond acceptors (Lipinski definition) is 4. The molecule has 0 spiro atoms. The second kappa shape index (κ2) is 7.55. The Labute approximate surface area is 175 Å². The van der Waals surface area contributed by atoms with E-state index in [0.717, 1.165) is 41.7 Å². The van der Waals surface area contributed by atoms with E-state index in [1.54, 1.807) is 17.3 Å². The average molecular weight is 403 g/mol. The van der Waals surface area contributed by atoms with Crippen molar-refractivity contribution in [1.82, 2.24) is 24.8 Å². The van der Waals surface area contributed by atoms with Crippen LogP contribution in [0.1, 0.15) is 53.5 Å². The number of aryl methyl sites for hydroxylation is 1. The van der Waals surface area contributed by atoms with E-state index in [9.17, 15) is 9.59 Å². The van der Waals surface area contributed by atoms with Gasteiger partial charge < -0.3 is 14.8 Å². The van der Waals surface area contributed by atoms with E-state index in [4.69, 9.17) is 4.98 Å². The fourth-order valence-corrected chi connectivity index (χ4v) is 4.67. The van der Waals surface area contributed by atoms with Crippen LogP contribution in [0.3, 0.4) is 0 Å². The molecular weight excluding hydrogens is 378 g/mol. The highest BCUT2D eigenvalue weighted by molar-refractivity contribution is 5.98. The number of hydrogen-bond donors (Lipinski definition) is 1. The Morgan fingerprint density at radius 3 is 2.60 bits per heavy atom. The molecule has 2 aliphatic heterocycles. The topological polar surface area (TPSA) is 82.2 Å². The number of imidazole rings is 1. The van der Waals surface area contributed by atoms with Crippen molar-refractivity contribution in [3.05, 3.63) is 59.7 Å². The fourth-order valence-electron chi connectivity index (χ4n) is 4.67. The molecule has 2 saturated heterocycles. The number of rotatable bonds is 3. The Hall–Kier alpha value is -3.22. The zero-order valence-electron chi connectivity index (χ0n) is 17.0. The van der Waals surface area contributed by atoms with Gasteiger partial charge in [0.15, 0.2) is 0 Å². The molecule has 5 rings (SSSR count). The molecule has 2 amide bonds. The lowest BCUT2D eigenvalue weighted by Crippen LogP contribution is -2.47. The number of nitrogens with one attached hydrogen (secondary N) is 1. The van der Waals surface area contributed by atoms with Crippen molar-refractivity contribution in [1.29, 1.82) is 0 Å². The first-order valence-electron chi connectivity index (χ1n) is 10.6. The predicted octanol–water partition coefficient (Wildman–Crippen LogP) is 3.23. The van der Waals surface area contributed by atoms with Crippen molar-refractivity contribution in [3.63, 3.8) is 0 Å². The van der Waals surface area contributed by atoms with Crippen molar-refractivity contribution in [2.45, 2.75) is 44.7 Å². The molecule has 30 heavy (non-hydrogen) atoms. The molecule has 2 atom stereocenters. The summed E-state index contributed by atoms with van der Waals surface area (Å²) in [6.45, 7) is 3.32. The van der Waals surface area contributed by atoms with Gasteiger partial charge in [-0.3, -0.25) is 14.6 Å². The zero-order valence-corrected chi connectivity index (χ0v) is 17.0. The Balaban J connectivity index is 1.38. The molecule has 2 aliphatic rings. The summed E-state index contributed by atoms with van der Waals surface area (Å²) in [5, 5.41) is 0. The van der Waals surface area contributed by atoms with E-state index in [1.807, 2.05) is 42.2 Å². The summed E-state index contributed by atoms with van der Waals surface area (Å²) in [7, 11) is 0. The molecule has 0 radical (unpaired) electrons. The Morgan fingerprint density at radius 1 is 1.03 bits per heavy atom. The number of nitrogens with zero attached hydrogens (tertiary/aromatic N) is 4. The second-order valence-corrected chi connectivity index (χ2v) is 8.23. The van der Waals surface area contributed by atoms with E-state index < -0.39 is 6.04 Å². The lowest BCUT2D eigenvalue weighted by Gasteiger charge is -2.31. The van der Waals surface area contributed by atoms with Crippen molar-refractivity contribution in [2.75, 3.05) is 13.1 Å². The SMILES string of the molecule is Cc1ccc(C(=O)N2CCCC2C(=O)N2CCCC2c2nc3ccncc3[nH]2)cc1. The summed E-state index contributed by atoms with van der Waals surface area (Å²) in [6.07, 6.45) is 6.85. The van der Waals surface area contributed by atoms with Crippen LogP contribution in [0, 0.1) is 6.92 Å². The highest BCUT2D eigenvalue weighted by atomic mass is 16.2. The van der Waals surface area contributed by atoms with E-state index >= 15 is 0 Å². The van der Waals surface area contributed by atoms with Gasteiger partial charge in [-0.1, -0.05) is 17.7 Å². The number of pyridine rings is 1. The van der Waals surface area contributed by atoms with Crippen molar-refractivity contribution >= 4 is 22.8 Å². The first-order chi connectivity index (χ1) is 14.6. The monoisotopic (exact) mass is 403 g/mol. The number of carbonyl (C=O) groups is 2. The molecule has 2 unspecified atom stereocenters. The molecule has 1 N–H and O–H groups in total. The van der Waals surface area contributed by atoms with Gasteiger partial charge >= 0.3 is 0 Å². The molecule has 4 heterocycles. The lowest BCUT2D eigenvalue weighted by molar-refractivity contribution is -0.136. The maximum absolute atomic E-state index is 13.5. The molecule has 7 heteroatoms. The van der Waals surface area contributed by atoms with Gasteiger partial charge in [0, 0.05) is 24.8 Å². The first kappa shape index (κ1) is 18.8. The standard InChI is InChI=1S/C23H25N5O2/c1-15-6-8-16(9-7-15)22(29)28-13-3-5-20(28)23(30)27-12-2-4-19(27)21-25-17-10-11-24-14-18(17)26-21/h6-11,14,19-20H,2-5,12-13H2,1H3,(H,25,26). The summed E-state index contributed by atoms with van der Waals surface area (Å²) in [4.78, 5) is 42.4. The number of amides is 2. The molecule has 0 saturated carbocycles. The minimum absolute atomic E-state index is 0.0362. The van der Waals surface area contributed by atoms with Crippen LogP contribution in [0.2, 0.25) is 0 Å². The summed E-state index contributed by atoms with van der Waals surface area (Å²) in [5.41, 5.74) is 3.49. The van der Waals surface area contributed by atoms with Crippen LogP contribution in [-0.4, -0.2) is 55.7 Å². The summed E-state index contributed by atoms with van der Waals surface area (Å²) >= 11 is 0. The van der Waals surface area contributed by atoms with Gasteiger partial charge in [0.05, 0.1) is 23.3 Å². The lowest BCUT2D eigenvalue weighted by atomic mass is 10.1. The quantitative estimate of drug-likeness (QED) is 0.728. The minimum Gasteiger partial charge on any atom is -0.339 e. The normalized spacial score (nSPS) is 21.5. The Bertz CT molecular complexity index is 1060. The van der Waals surface area contributed by atoms with Crippen LogP contribution in [0.4, 0.5) is 0 Å². The summed E-state index contributed by atoms with van der Waals surface area (Å²) in [6, 6.07) is 8.96. The number of H-pyrrole nitrogens is 1. The Kier molecular flexibility index (Phi) is 4.73. The van der Waals surface area contributed by atoms with E-state index in [2.05, 4.69) is 9.97 Å². The molecule has 3 aromatic rings. The van der Waals surface area contributed by atoms with Crippen LogP contribution in [-0.2, 0) is 4.79 Å². The predicted molar refractivity (Wildman–Crippen MR) is 113 cm³/mol. The Morgan fingerprint density at radius 2 is 1.80 bits per heavy atom. The number of aromatic amines is 1. The molecule has 7 nitrogen and oxygen atoms in total. The third kappa shape index (κ3) is 3.24. The maximum Gasteiger partial charge on any atom is 0.254 e. The molecule has 0 aliphatic carbocycles. The van der Waals surface area contributed by atoms with Gasteiger partial charge in [0.1, 0.15) is 11.9 Å². The van der Waals surface area contributed by atoms with E-state index in [0.29, 0.717) is 25.1 Å². The van der Waals surface area contributed by atoms with E-state index in [-0.39, 0.29) is 17.9 Å². The maximum atomic E-state index is 13.5. The van der Waals surface area contributed by atoms with Gasteiger partial charge in [0.25, 0.3) is 5.91 Å². The number of fused-ring (bicyclic) bond motifs is 1. The molecular formula is C23H25N5O2. The third-order valence-electron chi connectivity index (χ3n) is 6.25. The van der Waals surface area contributed by atoms with Crippen LogP contribution < -0.4 is 0 Å². The van der Waals surface area contributed by atoms with Crippen molar-refractivity contribution < 1.29 is 9.59 Å². The number of likely N-dealkylation sites (tertiary alicyclic amines) is 2. The minimum atomic E-state index is -0.398. The van der Waals surface area contributed by atoms with Gasteiger partial charge in [-0.2, -0.15) is 0 Å². The van der Waals surface area contributed by atoms with Gasteiger partial charge in [-0.25, -0.2) is 4.98 Å². The largest absolute Gasteiger partial charge is 0.339 e. The highest BCUT2D eigenvalue weighted by Gasteiger charge is 2.41. The van der Waals surface area contributed by atoms with Gasteiger partial charge in [-0.05, 0) is 50.8 Å². The highest BCUT2D eigenvalue weighted by Crippen LogP contribution is 2.34. The van der Waals surface area contributed by atoms with Crippen molar-refractivity contribution in [2.24, 2.45) is 0 Å². The second-order valence-electron chi connectivity index (χ2n) is 8.23. The van der Waals surface area contributed by atoms with Gasteiger partial charge in [0.2, 0.25) is 5.91 Å². The zero-order chi connectivity index (χ0) is 20.7. The van der Waals surface area contributed by atoms with Crippen LogP contribution in [0.15, 0.2) is 42.7 Å². The molecule has 2 fully saturated rings.